The highest BCUT2D eigenvalue weighted by Gasteiger charge is 2.66. The van der Waals surface area contributed by atoms with Gasteiger partial charge in [-0.05, 0) is 0 Å². The van der Waals surface area contributed by atoms with Crippen molar-refractivity contribution in [2.45, 2.75) is 18.3 Å². The van der Waals surface area contributed by atoms with Gasteiger partial charge in [-0.15, -0.1) is 0 Å². The molecule has 1 aliphatic rings. The fourth-order valence-electron chi connectivity index (χ4n) is 0.953. The molecule has 14 heavy (non-hydrogen) atoms. The zero-order valence-electron chi connectivity index (χ0n) is 6.76. The van der Waals surface area contributed by atoms with E-state index >= 15 is 0 Å². The van der Waals surface area contributed by atoms with Gasteiger partial charge in [0.2, 0.25) is 6.17 Å². The highest BCUT2D eigenvalue weighted by Crippen LogP contribution is 2.42. The molecule has 0 saturated carbocycles. The molecular weight excluding hydrogens is 277 g/mol. The van der Waals surface area contributed by atoms with Crippen molar-refractivity contribution in [3.05, 3.63) is 0 Å². The predicted octanol–water partition coefficient (Wildman–Crippen LogP) is 2.01. The molecule has 1 unspecified atom stereocenters. The van der Waals surface area contributed by atoms with Crippen LogP contribution in [0.1, 0.15) is 0 Å². The van der Waals surface area contributed by atoms with Crippen LogP contribution < -0.4 is 0 Å². The molecular formula is C5H5BrF5N3. The van der Waals surface area contributed by atoms with E-state index in [4.69, 9.17) is 0 Å². The SMILES string of the molecule is CN1N=CN(Br)C1C(F)(F)C(F)(F)F. The zero-order chi connectivity index (χ0) is 11.1. The monoisotopic (exact) mass is 281 g/mol. The number of rotatable bonds is 1. The summed E-state index contributed by atoms with van der Waals surface area (Å²) in [7, 11) is 1.03. The first kappa shape index (κ1) is 11.5. The minimum absolute atomic E-state index is 0.528. The molecule has 0 N–H and O–H groups in total. The molecule has 0 fully saturated rings. The molecule has 0 radical (unpaired) electrons. The quantitative estimate of drug-likeness (QED) is 0.541. The van der Waals surface area contributed by atoms with Gasteiger partial charge in [-0.1, -0.05) is 0 Å². The van der Waals surface area contributed by atoms with Gasteiger partial charge in [0.15, 0.2) is 0 Å². The minimum Gasteiger partial charge on any atom is -0.269 e. The van der Waals surface area contributed by atoms with Crippen molar-refractivity contribution < 1.29 is 22.0 Å². The van der Waals surface area contributed by atoms with E-state index in [0.29, 0.717) is 8.93 Å². The lowest BCUT2D eigenvalue weighted by Crippen LogP contribution is -2.55. The number of hydrazone groups is 1. The lowest BCUT2D eigenvalue weighted by atomic mass is 10.2. The van der Waals surface area contributed by atoms with Crippen LogP contribution in [0.25, 0.3) is 0 Å². The van der Waals surface area contributed by atoms with E-state index in [1.807, 2.05) is 0 Å². The Morgan fingerprint density at radius 1 is 1.29 bits per heavy atom. The molecule has 1 heterocycles. The predicted molar refractivity (Wildman–Crippen MR) is 41.8 cm³/mol. The Kier molecular flexibility index (Phi) is 2.63. The van der Waals surface area contributed by atoms with Gasteiger partial charge in [0.1, 0.15) is 6.34 Å². The standard InChI is InChI=1S/C5H5BrF5N3/c1-13-3(14(6)2-12-13)4(7,8)5(9,10)11/h2-3H,1H3. The van der Waals surface area contributed by atoms with Gasteiger partial charge in [-0.2, -0.15) is 27.1 Å². The van der Waals surface area contributed by atoms with Crippen molar-refractivity contribution in [1.29, 1.82) is 0 Å². The number of hydrogen-bond donors (Lipinski definition) is 0. The van der Waals surface area contributed by atoms with E-state index < -0.39 is 18.3 Å². The Bertz CT molecular complexity index is 240. The Hall–Kier alpha value is -0.600. The lowest BCUT2D eigenvalue weighted by Gasteiger charge is -2.32. The molecule has 0 saturated heterocycles. The van der Waals surface area contributed by atoms with Crippen LogP contribution in [-0.4, -0.2) is 40.6 Å². The maximum Gasteiger partial charge on any atom is 0.457 e. The molecule has 0 aromatic rings. The molecule has 1 rings (SSSR count). The first-order chi connectivity index (χ1) is 6.18. The summed E-state index contributed by atoms with van der Waals surface area (Å²) in [5.74, 6) is -4.86. The van der Waals surface area contributed by atoms with Crippen LogP contribution in [0.4, 0.5) is 22.0 Å². The molecule has 82 valence electrons. The van der Waals surface area contributed by atoms with Gasteiger partial charge < -0.3 is 0 Å². The molecule has 1 aliphatic heterocycles. The third-order valence-corrected chi connectivity index (χ3v) is 2.20. The summed E-state index contributed by atoms with van der Waals surface area (Å²) in [6.07, 6.45) is -6.96. The van der Waals surface area contributed by atoms with E-state index in [1.54, 1.807) is 0 Å². The fraction of sp³-hybridized carbons (Fsp3) is 0.800. The largest absolute Gasteiger partial charge is 0.457 e. The van der Waals surface area contributed by atoms with E-state index in [0.717, 1.165) is 13.4 Å². The summed E-state index contributed by atoms with van der Waals surface area (Å²) >= 11 is 2.54. The third kappa shape index (κ3) is 1.64. The maximum atomic E-state index is 12.8. The van der Waals surface area contributed by atoms with Crippen molar-refractivity contribution in [2.75, 3.05) is 7.05 Å². The van der Waals surface area contributed by atoms with Crippen LogP contribution in [0.3, 0.4) is 0 Å². The molecule has 1 atom stereocenters. The van der Waals surface area contributed by atoms with Crippen molar-refractivity contribution in [2.24, 2.45) is 5.10 Å². The van der Waals surface area contributed by atoms with Crippen molar-refractivity contribution in [3.63, 3.8) is 0 Å². The topological polar surface area (TPSA) is 18.8 Å². The van der Waals surface area contributed by atoms with Gasteiger partial charge in [0.25, 0.3) is 0 Å². The Balaban J connectivity index is 2.93. The van der Waals surface area contributed by atoms with Crippen LogP contribution in [0.2, 0.25) is 0 Å². The summed E-state index contributed by atoms with van der Waals surface area (Å²) in [4.78, 5) is 0. The highest BCUT2D eigenvalue weighted by atomic mass is 79.9. The van der Waals surface area contributed by atoms with Crippen molar-refractivity contribution in [3.8, 4) is 0 Å². The number of alkyl halides is 5. The summed E-state index contributed by atoms with van der Waals surface area (Å²) < 4.78 is 62.0. The Labute approximate surface area is 84.5 Å². The lowest BCUT2D eigenvalue weighted by molar-refractivity contribution is -0.307. The van der Waals surface area contributed by atoms with Crippen LogP contribution in [0.15, 0.2) is 5.10 Å². The summed E-state index contributed by atoms with van der Waals surface area (Å²) in [6.45, 7) is 0. The average Bonchev–Trinajstić information content (AvgIpc) is 2.28. The minimum atomic E-state index is -5.61. The van der Waals surface area contributed by atoms with Crippen LogP contribution in [0.5, 0.6) is 0 Å². The molecule has 0 aromatic heterocycles. The average molecular weight is 282 g/mol. The summed E-state index contributed by atoms with van der Waals surface area (Å²) in [5, 5.41) is 3.82. The third-order valence-electron chi connectivity index (χ3n) is 1.63. The zero-order valence-corrected chi connectivity index (χ0v) is 8.35. The highest BCUT2D eigenvalue weighted by molar-refractivity contribution is 9.07. The summed E-state index contributed by atoms with van der Waals surface area (Å²) in [5.41, 5.74) is 0. The van der Waals surface area contributed by atoms with E-state index in [-0.39, 0.29) is 0 Å². The molecule has 0 spiro atoms. The van der Waals surface area contributed by atoms with Crippen LogP contribution in [-0.2, 0) is 0 Å². The molecule has 0 aliphatic carbocycles. The van der Waals surface area contributed by atoms with E-state index in [1.165, 1.54) is 0 Å². The molecule has 0 aromatic carbocycles. The Morgan fingerprint density at radius 2 is 1.79 bits per heavy atom. The Morgan fingerprint density at radius 3 is 2.07 bits per heavy atom. The number of hydrogen-bond acceptors (Lipinski definition) is 3. The van der Waals surface area contributed by atoms with Gasteiger partial charge >= 0.3 is 12.1 Å². The van der Waals surface area contributed by atoms with Gasteiger partial charge in [0, 0.05) is 7.05 Å². The molecule has 0 bridgehead atoms. The summed E-state index contributed by atoms with van der Waals surface area (Å²) in [6, 6.07) is 0. The first-order valence-corrected chi connectivity index (χ1v) is 4.04. The van der Waals surface area contributed by atoms with Crippen LogP contribution in [0, 0.1) is 0 Å². The first-order valence-electron chi connectivity index (χ1n) is 3.33. The van der Waals surface area contributed by atoms with Gasteiger partial charge in [-0.3, -0.25) is 8.93 Å². The van der Waals surface area contributed by atoms with Gasteiger partial charge in [-0.25, -0.2) is 0 Å². The van der Waals surface area contributed by atoms with Gasteiger partial charge in [0.05, 0.1) is 16.1 Å². The normalized spacial score (nSPS) is 23.5. The second kappa shape index (κ2) is 3.21. The molecule has 9 heteroatoms. The number of halogens is 6. The van der Waals surface area contributed by atoms with Crippen molar-refractivity contribution >= 4 is 22.5 Å². The molecule has 3 nitrogen and oxygen atoms in total. The maximum absolute atomic E-state index is 12.8. The fourth-order valence-corrected chi connectivity index (χ4v) is 1.56. The van der Waals surface area contributed by atoms with Crippen molar-refractivity contribution in [1.82, 2.24) is 8.93 Å². The second-order valence-corrected chi connectivity index (χ2v) is 3.46. The van der Waals surface area contributed by atoms with Crippen LogP contribution >= 0.6 is 16.1 Å². The second-order valence-electron chi connectivity index (χ2n) is 2.64. The number of nitrogens with zero attached hydrogens (tertiary/aromatic N) is 3. The smallest absolute Gasteiger partial charge is 0.269 e. The molecule has 0 amide bonds. The van der Waals surface area contributed by atoms with E-state index in [2.05, 4.69) is 21.2 Å². The van der Waals surface area contributed by atoms with E-state index in [9.17, 15) is 22.0 Å².